The summed E-state index contributed by atoms with van der Waals surface area (Å²) in [5, 5.41) is 3.23. The lowest BCUT2D eigenvalue weighted by Gasteiger charge is -2.15. The van der Waals surface area contributed by atoms with Crippen molar-refractivity contribution in [3.05, 3.63) is 0 Å². The van der Waals surface area contributed by atoms with Crippen molar-refractivity contribution in [3.8, 4) is 0 Å². The zero-order chi connectivity index (χ0) is 11.7. The molecule has 0 radical (unpaired) electrons. The van der Waals surface area contributed by atoms with Gasteiger partial charge in [0.1, 0.15) is 9.84 Å². The highest BCUT2D eigenvalue weighted by Crippen LogP contribution is 2.09. The first-order valence-electron chi connectivity index (χ1n) is 5.42. The van der Waals surface area contributed by atoms with E-state index in [2.05, 4.69) is 12.2 Å². The van der Waals surface area contributed by atoms with Gasteiger partial charge < -0.3 is 5.32 Å². The van der Waals surface area contributed by atoms with Crippen molar-refractivity contribution in [1.29, 1.82) is 0 Å². The van der Waals surface area contributed by atoms with E-state index >= 15 is 0 Å². The summed E-state index contributed by atoms with van der Waals surface area (Å²) in [5.41, 5.74) is 0. The molecule has 0 heterocycles. The lowest BCUT2D eigenvalue weighted by Crippen LogP contribution is -2.28. The first-order valence-corrected chi connectivity index (χ1v) is 8.64. The molecule has 0 aromatic carbocycles. The van der Waals surface area contributed by atoms with E-state index in [0.717, 1.165) is 18.6 Å². The smallest absolute Gasteiger partial charge is 0.147 e. The Hall–Kier alpha value is 0.260. The van der Waals surface area contributed by atoms with Gasteiger partial charge in [0.2, 0.25) is 0 Å². The minimum atomic E-state index is -2.79. The van der Waals surface area contributed by atoms with Crippen molar-refractivity contribution in [2.24, 2.45) is 0 Å². The molecule has 92 valence electrons. The largest absolute Gasteiger partial charge is 0.316 e. The van der Waals surface area contributed by atoms with Gasteiger partial charge in [-0.25, -0.2) is 8.42 Å². The average molecular weight is 253 g/mol. The van der Waals surface area contributed by atoms with Gasteiger partial charge in [0.15, 0.2) is 0 Å². The molecule has 0 aromatic heterocycles. The fourth-order valence-electron chi connectivity index (χ4n) is 1.27. The highest BCUT2D eigenvalue weighted by atomic mass is 32.2. The second-order valence-corrected chi connectivity index (χ2v) is 7.24. The average Bonchev–Trinajstić information content (AvgIpc) is 2.14. The molecule has 0 rings (SSSR count). The van der Waals surface area contributed by atoms with Crippen molar-refractivity contribution in [3.63, 3.8) is 0 Å². The summed E-state index contributed by atoms with van der Waals surface area (Å²) in [7, 11) is -0.846. The highest BCUT2D eigenvalue weighted by molar-refractivity contribution is 7.99. The highest BCUT2D eigenvalue weighted by Gasteiger charge is 2.08. The van der Waals surface area contributed by atoms with Gasteiger partial charge in [-0.15, -0.1) is 0 Å². The first-order chi connectivity index (χ1) is 6.99. The molecule has 15 heavy (non-hydrogen) atoms. The van der Waals surface area contributed by atoms with Gasteiger partial charge in [0.05, 0.1) is 0 Å². The second kappa shape index (κ2) is 8.42. The Labute approximate surface area is 98.3 Å². The normalized spacial score (nSPS) is 14.1. The van der Waals surface area contributed by atoms with Crippen LogP contribution in [-0.4, -0.2) is 45.0 Å². The van der Waals surface area contributed by atoms with Gasteiger partial charge in [0.25, 0.3) is 0 Å². The van der Waals surface area contributed by atoms with Crippen LogP contribution in [0.5, 0.6) is 0 Å². The monoisotopic (exact) mass is 253 g/mol. The van der Waals surface area contributed by atoms with Crippen LogP contribution in [-0.2, 0) is 9.84 Å². The molecular formula is C10H23NO2S2. The van der Waals surface area contributed by atoms with Crippen molar-refractivity contribution in [2.75, 3.05) is 30.6 Å². The molecule has 0 bridgehead atoms. The maximum atomic E-state index is 10.9. The van der Waals surface area contributed by atoms with E-state index in [9.17, 15) is 8.42 Å². The Morgan fingerprint density at radius 2 is 2.07 bits per heavy atom. The van der Waals surface area contributed by atoms with Crippen molar-refractivity contribution in [1.82, 2.24) is 5.32 Å². The van der Waals surface area contributed by atoms with Gasteiger partial charge in [-0.3, -0.25) is 0 Å². The van der Waals surface area contributed by atoms with E-state index in [0.29, 0.717) is 11.8 Å². The summed E-state index contributed by atoms with van der Waals surface area (Å²) >= 11 is 1.93. The Bertz CT molecular complexity index is 240. The van der Waals surface area contributed by atoms with Gasteiger partial charge in [-0.05, 0) is 32.1 Å². The van der Waals surface area contributed by atoms with Crippen molar-refractivity contribution < 1.29 is 8.42 Å². The van der Waals surface area contributed by atoms with E-state index in [1.165, 1.54) is 18.4 Å². The van der Waals surface area contributed by atoms with E-state index in [-0.39, 0.29) is 0 Å². The van der Waals surface area contributed by atoms with Crippen LogP contribution in [0, 0.1) is 0 Å². The summed E-state index contributed by atoms with van der Waals surface area (Å²) in [5.74, 6) is 2.57. The number of hydrogen-bond acceptors (Lipinski definition) is 4. The predicted molar refractivity (Wildman–Crippen MR) is 69.4 cm³/mol. The fourth-order valence-corrected chi connectivity index (χ4v) is 3.04. The molecule has 1 atom stereocenters. The van der Waals surface area contributed by atoms with Gasteiger partial charge in [-0.1, -0.05) is 6.92 Å². The Morgan fingerprint density at radius 3 is 2.53 bits per heavy atom. The maximum Gasteiger partial charge on any atom is 0.147 e. The molecular weight excluding hydrogens is 230 g/mol. The third-order valence-electron chi connectivity index (χ3n) is 2.14. The topological polar surface area (TPSA) is 46.2 Å². The number of thioether (sulfide) groups is 1. The molecule has 0 saturated heterocycles. The van der Waals surface area contributed by atoms with Crippen molar-refractivity contribution >= 4 is 21.6 Å². The lowest BCUT2D eigenvalue weighted by molar-refractivity contribution is 0.555. The summed E-state index contributed by atoms with van der Waals surface area (Å²) < 4.78 is 21.9. The zero-order valence-electron chi connectivity index (χ0n) is 9.95. The van der Waals surface area contributed by atoms with Gasteiger partial charge in [-0.2, -0.15) is 11.8 Å². The van der Waals surface area contributed by atoms with E-state index in [4.69, 9.17) is 0 Å². The predicted octanol–water partition coefficient (Wildman–Crippen LogP) is 1.54. The van der Waals surface area contributed by atoms with Crippen LogP contribution in [0.2, 0.25) is 0 Å². The minimum absolute atomic E-state index is 0.309. The molecule has 0 aliphatic carbocycles. The Kier molecular flexibility index (Phi) is 8.56. The van der Waals surface area contributed by atoms with E-state index in [1.54, 1.807) is 0 Å². The summed E-state index contributed by atoms with van der Waals surface area (Å²) in [6, 6.07) is 0.447. The fraction of sp³-hybridized carbons (Fsp3) is 1.00. The van der Waals surface area contributed by atoms with Gasteiger partial charge >= 0.3 is 0 Å². The first kappa shape index (κ1) is 15.3. The zero-order valence-corrected chi connectivity index (χ0v) is 11.6. The molecule has 0 aliphatic rings. The second-order valence-electron chi connectivity index (χ2n) is 3.83. The number of rotatable bonds is 9. The molecule has 5 heteroatoms. The van der Waals surface area contributed by atoms with Crippen molar-refractivity contribution in [2.45, 2.75) is 32.2 Å². The molecule has 0 spiro atoms. The van der Waals surface area contributed by atoms with Crippen LogP contribution >= 0.6 is 11.8 Å². The Balaban J connectivity index is 3.61. The molecule has 3 nitrogen and oxygen atoms in total. The molecule has 0 aliphatic heterocycles. The van der Waals surface area contributed by atoms with E-state index in [1.807, 2.05) is 18.8 Å². The summed E-state index contributed by atoms with van der Waals surface area (Å²) in [6.07, 6.45) is 4.20. The van der Waals surface area contributed by atoms with Crippen LogP contribution < -0.4 is 5.32 Å². The quantitative estimate of drug-likeness (QED) is 0.633. The SMILES string of the molecule is CCCSCC(CCCS(C)(=O)=O)NC. The van der Waals surface area contributed by atoms with Crippen LogP contribution in [0.4, 0.5) is 0 Å². The minimum Gasteiger partial charge on any atom is -0.316 e. The number of sulfone groups is 1. The van der Waals surface area contributed by atoms with Crippen LogP contribution in [0.15, 0.2) is 0 Å². The molecule has 1 unspecified atom stereocenters. The lowest BCUT2D eigenvalue weighted by atomic mass is 10.2. The van der Waals surface area contributed by atoms with Crippen LogP contribution in [0.3, 0.4) is 0 Å². The molecule has 1 N–H and O–H groups in total. The maximum absolute atomic E-state index is 10.9. The van der Waals surface area contributed by atoms with Gasteiger partial charge in [0, 0.05) is 23.8 Å². The number of nitrogens with one attached hydrogen (secondary N) is 1. The third-order valence-corrected chi connectivity index (χ3v) is 4.51. The van der Waals surface area contributed by atoms with E-state index < -0.39 is 9.84 Å². The van der Waals surface area contributed by atoms with Crippen LogP contribution in [0.1, 0.15) is 26.2 Å². The van der Waals surface area contributed by atoms with Crippen LogP contribution in [0.25, 0.3) is 0 Å². The molecule has 0 aromatic rings. The summed E-state index contributed by atoms with van der Waals surface area (Å²) in [4.78, 5) is 0. The number of hydrogen-bond donors (Lipinski definition) is 1. The molecule has 0 fully saturated rings. The Morgan fingerprint density at radius 1 is 1.40 bits per heavy atom. The third kappa shape index (κ3) is 10.5. The standard InChI is InChI=1S/C10H23NO2S2/c1-4-7-14-9-10(11-2)6-5-8-15(3,12)13/h10-11H,4-9H2,1-3H3. The summed E-state index contributed by atoms with van der Waals surface area (Å²) in [6.45, 7) is 2.17. The molecule has 0 amide bonds. The molecule has 0 saturated carbocycles.